The van der Waals surface area contributed by atoms with Gasteiger partial charge in [-0.05, 0) is 44.2 Å². The lowest BCUT2D eigenvalue weighted by Gasteiger charge is -2.35. The van der Waals surface area contributed by atoms with Gasteiger partial charge in [0.15, 0.2) is 0 Å². The SMILES string of the molecule is CS(=O)(=O)NCCc1ccc(C(=O)N2CCCCC2CCC(=O)O)s1. The highest BCUT2D eigenvalue weighted by Gasteiger charge is 2.28. The molecule has 25 heavy (non-hydrogen) atoms. The van der Waals surface area contributed by atoms with Crippen LogP contribution in [0, 0.1) is 0 Å². The van der Waals surface area contributed by atoms with E-state index in [-0.39, 0.29) is 18.4 Å². The van der Waals surface area contributed by atoms with E-state index in [0.29, 0.717) is 30.8 Å². The van der Waals surface area contributed by atoms with Crippen molar-refractivity contribution in [1.82, 2.24) is 9.62 Å². The first-order valence-electron chi connectivity index (χ1n) is 8.32. The zero-order chi connectivity index (χ0) is 18.4. The molecule has 1 aliphatic heterocycles. The average molecular weight is 389 g/mol. The molecule has 7 nitrogen and oxygen atoms in total. The zero-order valence-electron chi connectivity index (χ0n) is 14.2. The van der Waals surface area contributed by atoms with E-state index in [1.165, 1.54) is 11.3 Å². The summed E-state index contributed by atoms with van der Waals surface area (Å²) in [6.45, 7) is 0.962. The lowest BCUT2D eigenvalue weighted by atomic mass is 9.97. The second-order valence-corrected chi connectivity index (χ2v) is 9.26. The van der Waals surface area contributed by atoms with Crippen molar-refractivity contribution < 1.29 is 23.1 Å². The van der Waals surface area contributed by atoms with Crippen LogP contribution in [-0.4, -0.2) is 55.7 Å². The van der Waals surface area contributed by atoms with Gasteiger partial charge in [-0.3, -0.25) is 9.59 Å². The minimum Gasteiger partial charge on any atom is -0.481 e. The number of likely N-dealkylation sites (tertiary alicyclic amines) is 1. The fraction of sp³-hybridized carbons (Fsp3) is 0.625. The quantitative estimate of drug-likeness (QED) is 0.705. The van der Waals surface area contributed by atoms with Crippen molar-refractivity contribution >= 4 is 33.2 Å². The van der Waals surface area contributed by atoms with Crippen molar-refractivity contribution in [2.75, 3.05) is 19.3 Å². The fourth-order valence-corrected chi connectivity index (χ4v) is 4.42. The van der Waals surface area contributed by atoms with Gasteiger partial charge in [0.1, 0.15) is 0 Å². The lowest BCUT2D eigenvalue weighted by molar-refractivity contribution is -0.137. The molecular weight excluding hydrogens is 364 g/mol. The van der Waals surface area contributed by atoms with Gasteiger partial charge in [0.05, 0.1) is 11.1 Å². The van der Waals surface area contributed by atoms with Crippen LogP contribution in [0.25, 0.3) is 0 Å². The van der Waals surface area contributed by atoms with Crippen LogP contribution in [0.2, 0.25) is 0 Å². The molecule has 0 bridgehead atoms. The average Bonchev–Trinajstić information content (AvgIpc) is 3.00. The lowest BCUT2D eigenvalue weighted by Crippen LogP contribution is -2.43. The summed E-state index contributed by atoms with van der Waals surface area (Å²) in [6, 6.07) is 3.60. The molecule has 140 valence electrons. The molecule has 1 aromatic heterocycles. The first kappa shape index (κ1) is 19.9. The van der Waals surface area contributed by atoms with Crippen molar-refractivity contribution in [2.24, 2.45) is 0 Å². The van der Waals surface area contributed by atoms with Crippen molar-refractivity contribution in [2.45, 2.75) is 44.6 Å². The first-order valence-corrected chi connectivity index (χ1v) is 11.0. The number of amides is 1. The normalized spacial score (nSPS) is 18.3. The summed E-state index contributed by atoms with van der Waals surface area (Å²) in [5, 5.41) is 8.88. The molecule has 0 aliphatic carbocycles. The predicted octanol–water partition coefficient (Wildman–Crippen LogP) is 1.70. The van der Waals surface area contributed by atoms with E-state index in [9.17, 15) is 18.0 Å². The summed E-state index contributed by atoms with van der Waals surface area (Å²) in [5.74, 6) is -0.892. The number of sulfonamides is 1. The van der Waals surface area contributed by atoms with Crippen molar-refractivity contribution in [1.29, 1.82) is 0 Å². The third-order valence-electron chi connectivity index (χ3n) is 4.19. The number of nitrogens with zero attached hydrogens (tertiary/aromatic N) is 1. The number of carboxylic acid groups (broad SMARTS) is 1. The summed E-state index contributed by atoms with van der Waals surface area (Å²) in [5.41, 5.74) is 0. The maximum Gasteiger partial charge on any atom is 0.303 e. The molecule has 1 atom stereocenters. The number of thiophene rings is 1. The number of rotatable bonds is 8. The second kappa shape index (κ2) is 8.77. The van der Waals surface area contributed by atoms with Crippen LogP contribution in [0.1, 0.15) is 46.7 Å². The minimum absolute atomic E-state index is 0.0187. The summed E-state index contributed by atoms with van der Waals surface area (Å²) >= 11 is 1.37. The Bertz CT molecular complexity index is 714. The fourth-order valence-electron chi connectivity index (χ4n) is 2.99. The van der Waals surface area contributed by atoms with Gasteiger partial charge >= 0.3 is 5.97 Å². The monoisotopic (exact) mass is 388 g/mol. The maximum absolute atomic E-state index is 12.8. The molecule has 0 saturated carbocycles. The van der Waals surface area contributed by atoms with Gasteiger partial charge < -0.3 is 10.0 Å². The highest BCUT2D eigenvalue weighted by atomic mass is 32.2. The molecule has 2 heterocycles. The Kier molecular flexibility index (Phi) is 6.97. The summed E-state index contributed by atoms with van der Waals surface area (Å²) < 4.78 is 24.6. The number of hydrogen-bond donors (Lipinski definition) is 2. The smallest absolute Gasteiger partial charge is 0.303 e. The molecule has 2 rings (SSSR count). The van der Waals surface area contributed by atoms with Gasteiger partial charge in [-0.2, -0.15) is 0 Å². The van der Waals surface area contributed by atoms with E-state index >= 15 is 0 Å². The molecule has 0 radical (unpaired) electrons. The summed E-state index contributed by atoms with van der Waals surface area (Å²) in [4.78, 5) is 27.0. The van der Waals surface area contributed by atoms with E-state index < -0.39 is 16.0 Å². The first-order chi connectivity index (χ1) is 11.8. The van der Waals surface area contributed by atoms with E-state index in [0.717, 1.165) is 30.4 Å². The van der Waals surface area contributed by atoms with Gasteiger partial charge in [0, 0.05) is 30.4 Å². The molecular formula is C16H24N2O5S2. The largest absolute Gasteiger partial charge is 0.481 e. The van der Waals surface area contributed by atoms with Crippen LogP contribution >= 0.6 is 11.3 Å². The number of carboxylic acids is 1. The van der Waals surface area contributed by atoms with Crippen LogP contribution in [0.5, 0.6) is 0 Å². The molecule has 1 aliphatic rings. The van der Waals surface area contributed by atoms with E-state index in [4.69, 9.17) is 5.11 Å². The van der Waals surface area contributed by atoms with Gasteiger partial charge in [0.25, 0.3) is 5.91 Å². The maximum atomic E-state index is 12.8. The highest BCUT2D eigenvalue weighted by Crippen LogP contribution is 2.26. The minimum atomic E-state index is -3.21. The standard InChI is InChI=1S/C16H24N2O5S2/c1-25(22,23)17-10-9-13-6-7-14(24-13)16(21)18-11-3-2-4-12(18)5-8-15(19)20/h6-7,12,17H,2-5,8-11H2,1H3,(H,19,20). The Hall–Kier alpha value is -1.45. The van der Waals surface area contributed by atoms with Crippen LogP contribution in [0.15, 0.2) is 12.1 Å². The molecule has 1 aromatic rings. The summed E-state index contributed by atoms with van der Waals surface area (Å²) in [7, 11) is -3.21. The van der Waals surface area contributed by atoms with Gasteiger partial charge in [0.2, 0.25) is 10.0 Å². The Morgan fingerprint density at radius 3 is 2.80 bits per heavy atom. The number of hydrogen-bond acceptors (Lipinski definition) is 5. The van der Waals surface area contributed by atoms with Crippen molar-refractivity contribution in [3.8, 4) is 0 Å². The molecule has 1 saturated heterocycles. The molecule has 1 unspecified atom stereocenters. The Morgan fingerprint density at radius 2 is 2.12 bits per heavy atom. The number of carbonyl (C=O) groups excluding carboxylic acids is 1. The molecule has 2 N–H and O–H groups in total. The van der Waals surface area contributed by atoms with Crippen LogP contribution in [-0.2, 0) is 21.2 Å². The third-order valence-corrected chi connectivity index (χ3v) is 6.05. The molecule has 1 amide bonds. The van der Waals surface area contributed by atoms with E-state index in [2.05, 4.69) is 4.72 Å². The van der Waals surface area contributed by atoms with Crippen LogP contribution in [0.4, 0.5) is 0 Å². The number of aliphatic carboxylic acids is 1. The molecule has 0 aromatic carbocycles. The molecule has 1 fully saturated rings. The highest BCUT2D eigenvalue weighted by molar-refractivity contribution is 7.88. The Morgan fingerprint density at radius 1 is 1.36 bits per heavy atom. The zero-order valence-corrected chi connectivity index (χ0v) is 15.9. The van der Waals surface area contributed by atoms with E-state index in [1.54, 1.807) is 11.0 Å². The second-order valence-electron chi connectivity index (χ2n) is 6.26. The molecule has 0 spiro atoms. The van der Waals surface area contributed by atoms with Crippen LogP contribution < -0.4 is 4.72 Å². The number of piperidine rings is 1. The van der Waals surface area contributed by atoms with Gasteiger partial charge in [-0.15, -0.1) is 11.3 Å². The predicted molar refractivity (Wildman–Crippen MR) is 96.4 cm³/mol. The van der Waals surface area contributed by atoms with Crippen LogP contribution in [0.3, 0.4) is 0 Å². The topological polar surface area (TPSA) is 104 Å². The van der Waals surface area contributed by atoms with Gasteiger partial charge in [-0.1, -0.05) is 0 Å². The van der Waals surface area contributed by atoms with Gasteiger partial charge in [-0.25, -0.2) is 13.1 Å². The Labute approximate surface area is 152 Å². The van der Waals surface area contributed by atoms with Crippen molar-refractivity contribution in [3.05, 3.63) is 21.9 Å². The third kappa shape index (κ3) is 6.41. The Balaban J connectivity index is 1.97. The number of carbonyl (C=O) groups is 2. The summed E-state index contributed by atoms with van der Waals surface area (Å²) in [6.07, 6.45) is 5.00. The van der Waals surface area contributed by atoms with Crippen molar-refractivity contribution in [3.63, 3.8) is 0 Å². The molecule has 9 heteroatoms. The number of nitrogens with one attached hydrogen (secondary N) is 1. The van der Waals surface area contributed by atoms with E-state index in [1.807, 2.05) is 6.07 Å².